The van der Waals surface area contributed by atoms with Crippen LogP contribution in [-0.2, 0) is 38.0 Å². The Bertz CT molecular complexity index is 1520. The van der Waals surface area contributed by atoms with Crippen molar-refractivity contribution in [2.45, 2.75) is 141 Å². The van der Waals surface area contributed by atoms with E-state index >= 15 is 0 Å². The summed E-state index contributed by atoms with van der Waals surface area (Å²) in [5, 5.41) is 44.7. The molecule has 4 aliphatic heterocycles. The number of carbonyl (C=O) groups is 2. The highest BCUT2D eigenvalue weighted by Gasteiger charge is 2.81. The summed E-state index contributed by atoms with van der Waals surface area (Å²) in [4.78, 5) is 26.5. The van der Waals surface area contributed by atoms with Gasteiger partial charge in [-0.1, -0.05) is 40.9 Å². The van der Waals surface area contributed by atoms with E-state index in [9.17, 15) is 30.0 Å². The Kier molecular flexibility index (Phi) is 8.26. The van der Waals surface area contributed by atoms with E-state index in [-0.39, 0.29) is 58.3 Å². The van der Waals surface area contributed by atoms with E-state index < -0.39 is 71.2 Å². The van der Waals surface area contributed by atoms with Gasteiger partial charge in [0.2, 0.25) is 0 Å². The van der Waals surface area contributed by atoms with Gasteiger partial charge in [0.05, 0.1) is 23.0 Å². The van der Waals surface area contributed by atoms with E-state index in [0.717, 1.165) is 49.7 Å². The van der Waals surface area contributed by atoms with Crippen LogP contribution in [0.3, 0.4) is 0 Å². The molecule has 0 unspecified atom stereocenters. The van der Waals surface area contributed by atoms with Crippen LogP contribution < -0.4 is 0 Å². The van der Waals surface area contributed by atoms with Crippen molar-refractivity contribution in [1.29, 1.82) is 0 Å². The zero-order valence-electron chi connectivity index (χ0n) is 32.6. The minimum atomic E-state index is -1.08. The van der Waals surface area contributed by atoms with Gasteiger partial charge in [-0.3, -0.25) is 9.59 Å². The van der Waals surface area contributed by atoms with E-state index in [2.05, 4.69) is 40.9 Å². The molecule has 4 saturated heterocycles. The van der Waals surface area contributed by atoms with Crippen LogP contribution in [0.25, 0.3) is 0 Å². The summed E-state index contributed by atoms with van der Waals surface area (Å²) in [6.07, 6.45) is 1.59. The first-order valence-electron chi connectivity index (χ1n) is 20.3. The van der Waals surface area contributed by atoms with Gasteiger partial charge in [-0.2, -0.15) is 0 Å². The van der Waals surface area contributed by atoms with Gasteiger partial charge < -0.3 is 48.8 Å². The zero-order chi connectivity index (χ0) is 38.7. The molecule has 18 atom stereocenters. The van der Waals surface area contributed by atoms with Gasteiger partial charge in [0.1, 0.15) is 23.0 Å². The van der Waals surface area contributed by atoms with Crippen LogP contribution in [0.15, 0.2) is 24.3 Å². The number of esters is 2. The van der Waals surface area contributed by atoms with Crippen LogP contribution in [0.5, 0.6) is 0 Å². The van der Waals surface area contributed by atoms with Crippen LogP contribution in [-0.4, -0.2) is 96.2 Å². The Hall–Kier alpha value is -1.90. The van der Waals surface area contributed by atoms with Crippen LogP contribution in [0, 0.1) is 68.0 Å². The first-order valence-corrected chi connectivity index (χ1v) is 20.3. The standard InChI is InChI=1S/2C21H30O6/c2*1-10-11-5-6-12-20(9-11,15(10)22)17(23)26-13-7-8-19(2,3)14-16(25-4)27-18(24)21(12,13)14/h2*11-16,18,22,24H,1,5-9H2,2-4H3/t2*11-,12-,13+,14-,15-,16-,18+,20+,21+/m11/s1. The smallest absolute Gasteiger partial charge is 0.315 e. The van der Waals surface area contributed by atoms with E-state index in [1.807, 2.05) is 0 Å². The predicted octanol–water partition coefficient (Wildman–Crippen LogP) is 3.98. The lowest BCUT2D eigenvalue weighted by atomic mass is 9.43. The summed E-state index contributed by atoms with van der Waals surface area (Å²) in [5.74, 6) is -0.986. The monoisotopic (exact) mass is 756 g/mol. The minimum Gasteiger partial charge on any atom is -0.461 e. The molecule has 6 saturated carbocycles. The third-order valence-corrected chi connectivity index (χ3v) is 17.6. The molecule has 0 aromatic carbocycles. The SMILES string of the molecule is C=C1[C@@H]2CC[C@@H]3[C@](C2)(C(=O)O[C@H]2CCC(C)(C)[C@H]4[C@H](OC)O[C@H](O)[C@@]243)[C@@H]1O.C=C1[C@@H]2CC[C@@H]3[C@](C2)(C(=O)O[C@H]2CCC(C)(C)[C@H]4[C@H](OC)O[C@H](O)[C@@]243)[C@@H]1O. The first kappa shape index (κ1) is 37.7. The highest BCUT2D eigenvalue weighted by atomic mass is 16.7. The summed E-state index contributed by atoms with van der Waals surface area (Å²) in [6.45, 7) is 16.9. The molecule has 0 radical (unpaired) electrons. The maximum atomic E-state index is 13.2. The van der Waals surface area contributed by atoms with Crippen molar-refractivity contribution in [3.8, 4) is 0 Å². The van der Waals surface area contributed by atoms with Crippen molar-refractivity contribution < 1.29 is 58.4 Å². The van der Waals surface area contributed by atoms with Crippen molar-refractivity contribution in [3.63, 3.8) is 0 Å². The maximum Gasteiger partial charge on any atom is 0.315 e. The van der Waals surface area contributed by atoms with Crippen molar-refractivity contribution in [1.82, 2.24) is 0 Å². The number of ether oxygens (including phenoxy) is 6. The number of methoxy groups -OCH3 is 2. The zero-order valence-corrected chi connectivity index (χ0v) is 32.6. The molecule has 10 aliphatic rings. The molecule has 300 valence electrons. The fourth-order valence-corrected chi connectivity index (χ4v) is 15.4. The molecule has 6 aliphatic carbocycles. The van der Waals surface area contributed by atoms with E-state index in [1.54, 1.807) is 14.2 Å². The molecule has 4 bridgehead atoms. The second-order valence-electron chi connectivity index (χ2n) is 20.1. The van der Waals surface area contributed by atoms with Gasteiger partial charge in [-0.25, -0.2) is 0 Å². The quantitative estimate of drug-likeness (QED) is 0.237. The molecule has 0 aromatic heterocycles. The number of hydrogen-bond donors (Lipinski definition) is 4. The predicted molar refractivity (Wildman–Crippen MR) is 190 cm³/mol. The molecule has 0 amide bonds. The Labute approximate surface area is 317 Å². The lowest BCUT2D eigenvalue weighted by molar-refractivity contribution is -0.279. The van der Waals surface area contributed by atoms with Crippen LogP contribution in [0.2, 0.25) is 0 Å². The lowest BCUT2D eigenvalue weighted by Gasteiger charge is -2.63. The van der Waals surface area contributed by atoms with Crippen LogP contribution in [0.4, 0.5) is 0 Å². The largest absolute Gasteiger partial charge is 0.461 e. The van der Waals surface area contributed by atoms with Crippen molar-refractivity contribution in [2.75, 3.05) is 14.2 Å². The summed E-state index contributed by atoms with van der Waals surface area (Å²) in [6, 6.07) is 0. The summed E-state index contributed by atoms with van der Waals surface area (Å²) in [5.41, 5.74) is -2.35. The van der Waals surface area contributed by atoms with Gasteiger partial charge in [-0.15, -0.1) is 0 Å². The van der Waals surface area contributed by atoms with Crippen LogP contribution in [0.1, 0.15) is 91.9 Å². The minimum absolute atomic E-state index is 0.114. The van der Waals surface area contributed by atoms with E-state index in [4.69, 9.17) is 28.4 Å². The number of fused-ring (bicyclic) bond motifs is 2. The van der Waals surface area contributed by atoms with Gasteiger partial charge >= 0.3 is 11.9 Å². The maximum absolute atomic E-state index is 13.2. The Morgan fingerprint density at radius 3 is 1.33 bits per heavy atom. The molecule has 12 heteroatoms. The molecule has 10 fully saturated rings. The second kappa shape index (κ2) is 11.8. The van der Waals surface area contributed by atoms with Gasteiger partial charge in [0, 0.05) is 26.1 Å². The molecule has 4 heterocycles. The fraction of sp³-hybridized carbons (Fsp3) is 0.857. The average Bonchev–Trinajstić information content (AvgIpc) is 3.75. The van der Waals surface area contributed by atoms with Crippen molar-refractivity contribution in [3.05, 3.63) is 24.3 Å². The molecule has 12 nitrogen and oxygen atoms in total. The molecule has 4 N–H and O–H groups in total. The molecular weight excluding hydrogens is 696 g/mol. The van der Waals surface area contributed by atoms with E-state index in [0.29, 0.717) is 25.7 Å². The number of aliphatic hydroxyl groups is 4. The molecule has 54 heavy (non-hydrogen) atoms. The van der Waals surface area contributed by atoms with E-state index in [1.165, 1.54) is 0 Å². The van der Waals surface area contributed by atoms with Crippen molar-refractivity contribution >= 4 is 11.9 Å². The average molecular weight is 757 g/mol. The summed E-state index contributed by atoms with van der Waals surface area (Å²) in [7, 11) is 3.20. The fourth-order valence-electron chi connectivity index (χ4n) is 15.4. The topological polar surface area (TPSA) is 170 Å². The van der Waals surface area contributed by atoms with Crippen molar-refractivity contribution in [2.24, 2.45) is 68.0 Å². The molecular formula is C42H60O12. The normalized spacial score (nSPS) is 55.5. The lowest BCUT2D eigenvalue weighted by Crippen LogP contribution is -2.70. The summed E-state index contributed by atoms with van der Waals surface area (Å²) < 4.78 is 35.2. The molecule has 10 rings (SSSR count). The third kappa shape index (κ3) is 4.17. The number of aliphatic hydroxyl groups excluding tert-OH is 4. The number of rotatable bonds is 2. The van der Waals surface area contributed by atoms with Gasteiger partial charge in [0.15, 0.2) is 25.2 Å². The number of carbonyl (C=O) groups excluding carboxylic acids is 2. The first-order chi connectivity index (χ1) is 25.4. The highest BCUT2D eigenvalue weighted by Crippen LogP contribution is 2.75. The molecule has 0 aromatic rings. The van der Waals surface area contributed by atoms with Gasteiger partial charge in [-0.05, 0) is 110 Å². The highest BCUT2D eigenvalue weighted by molar-refractivity contribution is 5.82. The Balaban J connectivity index is 0.000000142. The van der Waals surface area contributed by atoms with Crippen LogP contribution >= 0.6 is 0 Å². The number of hydrogen-bond acceptors (Lipinski definition) is 12. The summed E-state index contributed by atoms with van der Waals surface area (Å²) >= 11 is 0. The second-order valence-corrected chi connectivity index (χ2v) is 20.1. The third-order valence-electron chi connectivity index (χ3n) is 17.6. The Morgan fingerprint density at radius 2 is 0.981 bits per heavy atom. The van der Waals surface area contributed by atoms with Gasteiger partial charge in [0.25, 0.3) is 0 Å². The molecule has 4 spiro atoms. The Morgan fingerprint density at radius 1 is 0.611 bits per heavy atom.